The minimum atomic E-state index is 0.703. The lowest BCUT2D eigenvalue weighted by Gasteiger charge is -2.24. The van der Waals surface area contributed by atoms with Gasteiger partial charge in [0.25, 0.3) is 0 Å². The first kappa shape index (κ1) is 26.5. The fraction of sp³-hybridized carbons (Fsp3) is 0.600. The molecule has 0 aromatic carbocycles. The summed E-state index contributed by atoms with van der Waals surface area (Å²) < 4.78 is 0. The molecule has 168 valence electrons. The lowest BCUT2D eigenvalue weighted by molar-refractivity contribution is 0.516. The number of hydrogen-bond acceptors (Lipinski definition) is 0. The van der Waals surface area contributed by atoms with Gasteiger partial charge in [-0.05, 0) is 118 Å². The van der Waals surface area contributed by atoms with Crippen molar-refractivity contribution in [1.29, 1.82) is 0 Å². The van der Waals surface area contributed by atoms with Crippen molar-refractivity contribution in [3.8, 4) is 0 Å². The van der Waals surface area contributed by atoms with Crippen LogP contribution < -0.4 is 0 Å². The summed E-state index contributed by atoms with van der Waals surface area (Å²) in [6.45, 7) is 17.7. The van der Waals surface area contributed by atoms with Crippen molar-refractivity contribution < 1.29 is 0 Å². The average molecular weight is 409 g/mol. The van der Waals surface area contributed by atoms with Crippen LogP contribution in [0.4, 0.5) is 0 Å². The van der Waals surface area contributed by atoms with Gasteiger partial charge in [-0.15, -0.1) is 0 Å². The Labute approximate surface area is 188 Å². The fourth-order valence-corrected chi connectivity index (χ4v) is 4.08. The van der Waals surface area contributed by atoms with Gasteiger partial charge >= 0.3 is 0 Å². The maximum atomic E-state index is 4.43. The molecular weight excluding hydrogens is 360 g/mol. The van der Waals surface area contributed by atoms with Gasteiger partial charge < -0.3 is 0 Å². The smallest absolute Gasteiger partial charge is 0.0168 e. The normalized spacial score (nSPS) is 17.4. The van der Waals surface area contributed by atoms with E-state index in [4.69, 9.17) is 0 Å². The average Bonchev–Trinajstić information content (AvgIpc) is 2.68. The van der Waals surface area contributed by atoms with Crippen LogP contribution in [0.5, 0.6) is 0 Å². The topological polar surface area (TPSA) is 0 Å². The minimum absolute atomic E-state index is 0.703. The molecule has 1 rings (SSSR count). The first-order chi connectivity index (χ1) is 14.3. The molecule has 0 aliphatic heterocycles. The van der Waals surface area contributed by atoms with E-state index in [1.807, 2.05) is 0 Å². The quantitative estimate of drug-likeness (QED) is 0.266. The third-order valence-electron chi connectivity index (χ3n) is 6.18. The van der Waals surface area contributed by atoms with E-state index < -0.39 is 0 Å². The van der Waals surface area contributed by atoms with Crippen molar-refractivity contribution in [2.45, 2.75) is 112 Å². The zero-order valence-corrected chi connectivity index (χ0v) is 20.9. The van der Waals surface area contributed by atoms with Gasteiger partial charge in [-0.3, -0.25) is 0 Å². The maximum absolute atomic E-state index is 4.43. The van der Waals surface area contributed by atoms with Crippen molar-refractivity contribution in [2.24, 2.45) is 5.92 Å². The van der Waals surface area contributed by atoms with Gasteiger partial charge in [0.1, 0.15) is 0 Å². The summed E-state index contributed by atoms with van der Waals surface area (Å²) in [5, 5.41) is 0. The van der Waals surface area contributed by atoms with Crippen molar-refractivity contribution in [1.82, 2.24) is 0 Å². The van der Waals surface area contributed by atoms with E-state index in [1.165, 1.54) is 80.1 Å². The maximum Gasteiger partial charge on any atom is -0.0168 e. The van der Waals surface area contributed by atoms with Crippen molar-refractivity contribution in [3.05, 3.63) is 70.4 Å². The molecule has 1 aliphatic rings. The molecule has 0 saturated heterocycles. The van der Waals surface area contributed by atoms with Gasteiger partial charge in [-0.1, -0.05) is 70.4 Å². The molecule has 30 heavy (non-hydrogen) atoms. The van der Waals surface area contributed by atoms with Gasteiger partial charge in [0.15, 0.2) is 0 Å². The van der Waals surface area contributed by atoms with E-state index in [0.29, 0.717) is 5.92 Å². The number of rotatable bonds is 13. The third kappa shape index (κ3) is 12.9. The Balaban J connectivity index is 2.29. The molecule has 0 radical (unpaired) electrons. The van der Waals surface area contributed by atoms with Crippen LogP contribution in [0.1, 0.15) is 112 Å². The summed E-state index contributed by atoms with van der Waals surface area (Å²) >= 11 is 0. The molecule has 1 aliphatic carbocycles. The zero-order chi connectivity index (χ0) is 22.4. The van der Waals surface area contributed by atoms with E-state index in [2.05, 4.69) is 78.5 Å². The summed E-state index contributed by atoms with van der Waals surface area (Å²) in [6.07, 6.45) is 25.4. The fourth-order valence-electron chi connectivity index (χ4n) is 4.08. The van der Waals surface area contributed by atoms with Crippen molar-refractivity contribution >= 4 is 0 Å². The van der Waals surface area contributed by atoms with E-state index in [9.17, 15) is 0 Å². The highest BCUT2D eigenvalue weighted by molar-refractivity contribution is 5.15. The lowest BCUT2D eigenvalue weighted by Crippen LogP contribution is -2.08. The molecule has 0 nitrogen and oxygen atoms in total. The molecule has 1 atom stereocenters. The first-order valence-electron chi connectivity index (χ1n) is 12.2. The SMILES string of the molecule is C=C(CCC=C(C)CCC=C(C)C)C1CC=C(CCC=C(C)CCC=C(C)C)CC1. The number of hydrogen-bond donors (Lipinski definition) is 0. The van der Waals surface area contributed by atoms with Crippen LogP contribution in [0, 0.1) is 5.92 Å². The highest BCUT2D eigenvalue weighted by Crippen LogP contribution is 2.32. The summed E-state index contributed by atoms with van der Waals surface area (Å²) in [4.78, 5) is 0. The Morgan fingerprint density at radius 2 is 1.33 bits per heavy atom. The Morgan fingerprint density at radius 1 is 0.800 bits per heavy atom. The van der Waals surface area contributed by atoms with Crippen LogP contribution in [0.25, 0.3) is 0 Å². The second-order valence-electron chi connectivity index (χ2n) is 9.81. The van der Waals surface area contributed by atoms with Gasteiger partial charge in [-0.2, -0.15) is 0 Å². The summed E-state index contributed by atoms with van der Waals surface area (Å²) in [6, 6.07) is 0. The lowest BCUT2D eigenvalue weighted by atomic mass is 9.82. The molecule has 0 heterocycles. The second-order valence-corrected chi connectivity index (χ2v) is 9.81. The van der Waals surface area contributed by atoms with E-state index in [-0.39, 0.29) is 0 Å². The standard InChI is InChI=1S/C30H48/c1-24(2)12-8-14-26(5)16-10-18-28(7)30-22-20-29(21-23-30)19-11-17-27(6)15-9-13-25(3)4/h12-13,16-17,20,30H,7-11,14-15,18-19,21-23H2,1-6H3. The molecular formula is C30H48. The Hall–Kier alpha value is -1.56. The predicted molar refractivity (Wildman–Crippen MR) is 138 cm³/mol. The molecule has 0 aromatic rings. The molecule has 0 fully saturated rings. The Bertz CT molecular complexity index is 667. The monoisotopic (exact) mass is 408 g/mol. The highest BCUT2D eigenvalue weighted by atomic mass is 14.2. The second kappa shape index (κ2) is 15.3. The molecule has 0 aromatic heterocycles. The van der Waals surface area contributed by atoms with Crippen LogP contribution in [-0.2, 0) is 0 Å². The van der Waals surface area contributed by atoms with Crippen LogP contribution in [0.3, 0.4) is 0 Å². The van der Waals surface area contributed by atoms with Gasteiger partial charge in [-0.25, -0.2) is 0 Å². The predicted octanol–water partition coefficient (Wildman–Crippen LogP) is 10.2. The van der Waals surface area contributed by atoms with E-state index in [0.717, 1.165) is 12.8 Å². The zero-order valence-electron chi connectivity index (χ0n) is 20.9. The molecule has 0 N–H and O–H groups in total. The molecule has 0 spiro atoms. The van der Waals surface area contributed by atoms with E-state index in [1.54, 1.807) is 11.1 Å². The van der Waals surface area contributed by atoms with Gasteiger partial charge in [0.2, 0.25) is 0 Å². The van der Waals surface area contributed by atoms with Crippen LogP contribution in [0.15, 0.2) is 70.4 Å². The van der Waals surface area contributed by atoms with Crippen LogP contribution in [0.2, 0.25) is 0 Å². The highest BCUT2D eigenvalue weighted by Gasteiger charge is 2.16. The van der Waals surface area contributed by atoms with Crippen molar-refractivity contribution in [3.63, 3.8) is 0 Å². The van der Waals surface area contributed by atoms with Gasteiger partial charge in [0.05, 0.1) is 0 Å². The molecule has 0 bridgehead atoms. The Kier molecular flexibility index (Phi) is 13.5. The van der Waals surface area contributed by atoms with E-state index >= 15 is 0 Å². The van der Waals surface area contributed by atoms with Crippen molar-refractivity contribution in [2.75, 3.05) is 0 Å². The minimum Gasteiger partial charge on any atom is -0.0996 e. The third-order valence-corrected chi connectivity index (χ3v) is 6.18. The van der Waals surface area contributed by atoms with Crippen LogP contribution in [-0.4, -0.2) is 0 Å². The Morgan fingerprint density at radius 3 is 1.83 bits per heavy atom. The first-order valence-corrected chi connectivity index (χ1v) is 12.2. The summed E-state index contributed by atoms with van der Waals surface area (Å²) in [5.74, 6) is 0.703. The summed E-state index contributed by atoms with van der Waals surface area (Å²) in [5.41, 5.74) is 9.05. The molecule has 0 saturated carbocycles. The van der Waals surface area contributed by atoms with Crippen LogP contribution >= 0.6 is 0 Å². The van der Waals surface area contributed by atoms with Gasteiger partial charge in [0, 0.05) is 0 Å². The largest absolute Gasteiger partial charge is 0.0996 e. The molecule has 1 unspecified atom stereocenters. The molecule has 0 heteroatoms. The summed E-state index contributed by atoms with van der Waals surface area (Å²) in [7, 11) is 0. The number of allylic oxidation sites excluding steroid dienone is 11. The molecule has 0 amide bonds.